The standard InChI is InChI=1S/C12H22FN4O13P3/c13-8-9(18)7(5-27-32(23,24)30-33(25,26)29-31(20,21)22)28-11(8)17-4-6(2-1-3-14)10(15)16-12(17)19/h4,7-9,11,18H,1-3,5,14H2,(H,23,24)(H,25,26)(H2,15,16,19)(H2,20,21,22)/t7-,8-,9-,11-/m1/s1. The molecule has 0 bridgehead atoms. The lowest BCUT2D eigenvalue weighted by Gasteiger charge is -2.19. The fourth-order valence-electron chi connectivity index (χ4n) is 2.73. The monoisotopic (exact) mass is 542 g/mol. The Morgan fingerprint density at radius 1 is 1.18 bits per heavy atom. The number of nitrogens with zero attached hydrogens (tertiary/aromatic N) is 2. The Kier molecular flexibility index (Phi) is 9.09. The number of hydrogen-bond donors (Lipinski definition) is 7. The van der Waals surface area contributed by atoms with Crippen molar-refractivity contribution in [1.29, 1.82) is 0 Å². The van der Waals surface area contributed by atoms with Gasteiger partial charge in [0.05, 0.1) is 6.61 Å². The molecule has 33 heavy (non-hydrogen) atoms. The first-order valence-corrected chi connectivity index (χ1v) is 13.4. The Hall–Kier alpha value is -1.10. The summed E-state index contributed by atoms with van der Waals surface area (Å²) in [6.07, 6.45) is -5.74. The molecular weight excluding hydrogens is 520 g/mol. The van der Waals surface area contributed by atoms with Gasteiger partial charge in [0, 0.05) is 11.8 Å². The average molecular weight is 542 g/mol. The van der Waals surface area contributed by atoms with Crippen LogP contribution in [-0.4, -0.2) is 65.8 Å². The molecular formula is C12H22FN4O13P3. The summed E-state index contributed by atoms with van der Waals surface area (Å²) in [5.74, 6) is -0.108. The van der Waals surface area contributed by atoms with E-state index < -0.39 is 60.4 Å². The topological polar surface area (TPSA) is 276 Å². The number of rotatable bonds is 11. The number of anilines is 1. The first-order valence-electron chi connectivity index (χ1n) is 8.89. The van der Waals surface area contributed by atoms with E-state index in [-0.39, 0.29) is 5.82 Å². The quantitative estimate of drug-likeness (QED) is 0.159. The molecule has 17 nitrogen and oxygen atoms in total. The smallest absolute Gasteiger partial charge is 0.387 e. The second-order valence-electron chi connectivity index (χ2n) is 6.62. The van der Waals surface area contributed by atoms with Gasteiger partial charge in [-0.3, -0.25) is 9.09 Å². The van der Waals surface area contributed by atoms with Gasteiger partial charge in [-0.05, 0) is 19.4 Å². The molecule has 0 amide bonds. The van der Waals surface area contributed by atoms with E-state index in [1.165, 1.54) is 0 Å². The van der Waals surface area contributed by atoms with Crippen molar-refractivity contribution in [3.05, 3.63) is 22.2 Å². The van der Waals surface area contributed by atoms with Crippen molar-refractivity contribution < 1.29 is 60.6 Å². The molecule has 2 unspecified atom stereocenters. The van der Waals surface area contributed by atoms with Gasteiger partial charge in [0.1, 0.15) is 18.0 Å². The van der Waals surface area contributed by atoms with E-state index in [1.54, 1.807) is 0 Å². The SMILES string of the molecule is NCCCc1cn([C@@H]2O[C@H](COP(=O)(O)OP(=O)(O)OP(=O)(O)O)[C@@H](O)[C@H]2F)c(=O)nc1N. The van der Waals surface area contributed by atoms with Gasteiger partial charge in [-0.15, -0.1) is 0 Å². The van der Waals surface area contributed by atoms with E-state index in [0.717, 1.165) is 6.20 Å². The third-order valence-corrected chi connectivity index (χ3v) is 7.90. The minimum Gasteiger partial charge on any atom is -0.387 e. The highest BCUT2D eigenvalue weighted by Gasteiger charge is 2.48. The van der Waals surface area contributed by atoms with Crippen LogP contribution in [-0.2, 0) is 38.0 Å². The van der Waals surface area contributed by atoms with Gasteiger partial charge in [-0.25, -0.2) is 22.9 Å². The lowest BCUT2D eigenvalue weighted by atomic mass is 10.1. The molecule has 1 fully saturated rings. The van der Waals surface area contributed by atoms with Gasteiger partial charge >= 0.3 is 29.2 Å². The van der Waals surface area contributed by atoms with E-state index in [2.05, 4.69) is 18.1 Å². The Balaban J connectivity index is 2.12. The van der Waals surface area contributed by atoms with Gasteiger partial charge in [-0.2, -0.15) is 13.6 Å². The van der Waals surface area contributed by atoms with Crippen molar-refractivity contribution in [3.8, 4) is 0 Å². The summed E-state index contributed by atoms with van der Waals surface area (Å²) < 4.78 is 65.6. The van der Waals surface area contributed by atoms with Gasteiger partial charge in [0.25, 0.3) is 0 Å². The second-order valence-corrected chi connectivity index (χ2v) is 11.0. The zero-order valence-corrected chi connectivity index (χ0v) is 19.2. The van der Waals surface area contributed by atoms with Crippen LogP contribution in [0.1, 0.15) is 18.2 Å². The number of phosphoric ester groups is 1. The van der Waals surface area contributed by atoms with Crippen LogP contribution in [0.2, 0.25) is 0 Å². The number of hydrogen-bond acceptors (Lipinski definition) is 12. The lowest BCUT2D eigenvalue weighted by molar-refractivity contribution is -0.0482. The molecule has 6 atom stereocenters. The molecule has 1 saturated heterocycles. The summed E-state index contributed by atoms with van der Waals surface area (Å²) in [6, 6.07) is 0. The van der Waals surface area contributed by atoms with E-state index in [4.69, 9.17) is 30.9 Å². The predicted molar refractivity (Wildman–Crippen MR) is 105 cm³/mol. The van der Waals surface area contributed by atoms with E-state index >= 15 is 0 Å². The molecule has 2 heterocycles. The van der Waals surface area contributed by atoms with E-state index in [0.29, 0.717) is 29.5 Å². The van der Waals surface area contributed by atoms with Crippen LogP contribution in [0, 0.1) is 0 Å². The molecule has 9 N–H and O–H groups in total. The van der Waals surface area contributed by atoms with Crippen LogP contribution < -0.4 is 17.2 Å². The van der Waals surface area contributed by atoms with Crippen molar-refractivity contribution >= 4 is 29.3 Å². The largest absolute Gasteiger partial charge is 0.490 e. The number of halogens is 1. The molecule has 190 valence electrons. The predicted octanol–water partition coefficient (Wildman–Crippen LogP) is -1.34. The number of phosphoric acid groups is 3. The molecule has 2 rings (SSSR count). The molecule has 0 saturated carbocycles. The summed E-state index contributed by atoms with van der Waals surface area (Å²) in [7, 11) is -16.9. The second kappa shape index (κ2) is 10.7. The van der Waals surface area contributed by atoms with Gasteiger partial charge in [0.15, 0.2) is 12.4 Å². The molecule has 21 heteroatoms. The molecule has 0 radical (unpaired) electrons. The molecule has 1 aromatic heterocycles. The van der Waals surface area contributed by atoms with E-state index in [1.807, 2.05) is 0 Å². The summed E-state index contributed by atoms with van der Waals surface area (Å²) >= 11 is 0. The lowest BCUT2D eigenvalue weighted by Crippen LogP contribution is -2.34. The summed E-state index contributed by atoms with van der Waals surface area (Å²) in [5.41, 5.74) is 10.4. The number of aryl methyl sites for hydroxylation is 1. The average Bonchev–Trinajstić information content (AvgIpc) is 2.91. The third kappa shape index (κ3) is 7.97. The Morgan fingerprint density at radius 2 is 1.82 bits per heavy atom. The van der Waals surface area contributed by atoms with Crippen LogP contribution in [0.15, 0.2) is 11.0 Å². The maximum Gasteiger partial charge on any atom is 0.490 e. The maximum absolute atomic E-state index is 14.6. The molecule has 0 aromatic carbocycles. The molecule has 1 aliphatic rings. The summed E-state index contributed by atoms with van der Waals surface area (Å²) in [5, 5.41) is 10.0. The highest BCUT2D eigenvalue weighted by atomic mass is 31.3. The van der Waals surface area contributed by atoms with Crippen molar-refractivity contribution in [3.63, 3.8) is 0 Å². The molecule has 1 aromatic rings. The van der Waals surface area contributed by atoms with Gasteiger partial charge in [-0.1, -0.05) is 0 Å². The fourth-order valence-corrected chi connectivity index (χ4v) is 5.76. The van der Waals surface area contributed by atoms with Crippen LogP contribution >= 0.6 is 23.5 Å². The van der Waals surface area contributed by atoms with Crippen molar-refractivity contribution in [2.24, 2.45) is 5.73 Å². The Bertz CT molecular complexity index is 1050. The minimum atomic E-state index is -5.76. The number of aliphatic hydroxyl groups excluding tert-OH is 1. The van der Waals surface area contributed by atoms with Crippen molar-refractivity contribution in [2.75, 3.05) is 18.9 Å². The number of nitrogens with two attached hydrogens (primary N) is 2. The van der Waals surface area contributed by atoms with Crippen LogP contribution in [0.5, 0.6) is 0 Å². The third-order valence-electron chi connectivity index (χ3n) is 4.10. The van der Waals surface area contributed by atoms with Crippen LogP contribution in [0.3, 0.4) is 0 Å². The highest BCUT2D eigenvalue weighted by molar-refractivity contribution is 7.66. The zero-order valence-electron chi connectivity index (χ0n) is 16.5. The number of ether oxygens (including phenoxy) is 1. The van der Waals surface area contributed by atoms with E-state index in [9.17, 15) is 32.9 Å². The number of aliphatic hydroxyl groups is 1. The minimum absolute atomic E-state index is 0.108. The Morgan fingerprint density at radius 3 is 2.39 bits per heavy atom. The van der Waals surface area contributed by atoms with Crippen molar-refractivity contribution in [1.82, 2.24) is 9.55 Å². The number of alkyl halides is 1. The Labute approximate surface area is 184 Å². The fraction of sp³-hybridized carbons (Fsp3) is 0.667. The van der Waals surface area contributed by atoms with Crippen molar-refractivity contribution in [2.45, 2.75) is 37.4 Å². The normalized spacial score (nSPS) is 27.2. The van der Waals surface area contributed by atoms with Gasteiger partial charge in [0.2, 0.25) is 0 Å². The zero-order chi connectivity index (χ0) is 25.2. The molecule has 1 aliphatic heterocycles. The van der Waals surface area contributed by atoms with Gasteiger partial charge < -0.3 is 40.9 Å². The number of aromatic nitrogens is 2. The van der Waals surface area contributed by atoms with Crippen LogP contribution in [0.25, 0.3) is 0 Å². The summed E-state index contributed by atoms with van der Waals surface area (Å²) in [6.45, 7) is -0.815. The molecule has 0 aliphatic carbocycles. The first-order chi connectivity index (χ1) is 15.1. The highest BCUT2D eigenvalue weighted by Crippen LogP contribution is 2.66. The number of nitrogen functional groups attached to an aromatic ring is 1. The first kappa shape index (κ1) is 28.1. The summed E-state index contributed by atoms with van der Waals surface area (Å²) in [4.78, 5) is 51.2. The molecule has 0 spiro atoms. The van der Waals surface area contributed by atoms with Crippen LogP contribution in [0.4, 0.5) is 10.2 Å². The maximum atomic E-state index is 14.6.